The predicted octanol–water partition coefficient (Wildman–Crippen LogP) is 3.04. The van der Waals surface area contributed by atoms with E-state index in [1.54, 1.807) is 0 Å². The van der Waals surface area contributed by atoms with Crippen LogP contribution in [0.3, 0.4) is 0 Å². The smallest absolute Gasteiger partial charge is 0.417 e. The average molecular weight is 315 g/mol. The van der Waals surface area contributed by atoms with Crippen molar-refractivity contribution >= 4 is 11.9 Å². The van der Waals surface area contributed by atoms with Crippen molar-refractivity contribution in [3.05, 3.63) is 23.9 Å². The number of amides is 1. The van der Waals surface area contributed by atoms with Gasteiger partial charge in [-0.25, -0.2) is 9.78 Å². The number of aromatic nitrogens is 1. The molecule has 2 bridgehead atoms. The van der Waals surface area contributed by atoms with E-state index in [2.05, 4.69) is 10.3 Å². The van der Waals surface area contributed by atoms with Crippen LogP contribution in [0.5, 0.6) is 0 Å². The third-order valence-electron chi connectivity index (χ3n) is 4.69. The lowest BCUT2D eigenvalue weighted by Crippen LogP contribution is -2.51. The molecule has 2 heterocycles. The van der Waals surface area contributed by atoms with E-state index in [4.69, 9.17) is 0 Å². The van der Waals surface area contributed by atoms with Crippen LogP contribution >= 0.6 is 0 Å². The summed E-state index contributed by atoms with van der Waals surface area (Å²) in [7, 11) is 0. The summed E-state index contributed by atoms with van der Waals surface area (Å²) in [5, 5.41) is 12.3. The fraction of sp³-hybridized carbons (Fsp3) is 0.571. The minimum absolute atomic E-state index is 0.0129. The number of alkyl halides is 3. The summed E-state index contributed by atoms with van der Waals surface area (Å²) < 4.78 is 37.5. The fourth-order valence-electron chi connectivity index (χ4n) is 3.59. The molecule has 1 amide bonds. The summed E-state index contributed by atoms with van der Waals surface area (Å²) >= 11 is 0. The number of hydrogen-bond acceptors (Lipinski definition) is 3. The number of carboxylic acid groups (broad SMARTS) is 1. The van der Waals surface area contributed by atoms with Crippen molar-refractivity contribution in [3.8, 4) is 0 Å². The molecular weight excluding hydrogens is 299 g/mol. The van der Waals surface area contributed by atoms with Gasteiger partial charge in [0.15, 0.2) is 0 Å². The van der Waals surface area contributed by atoms with Crippen molar-refractivity contribution in [2.45, 2.75) is 44.1 Å². The van der Waals surface area contributed by atoms with Gasteiger partial charge >= 0.3 is 12.3 Å². The zero-order valence-electron chi connectivity index (χ0n) is 11.8. The lowest BCUT2D eigenvalue weighted by Gasteiger charge is -2.36. The predicted molar refractivity (Wildman–Crippen MR) is 72.5 cm³/mol. The van der Waals surface area contributed by atoms with Gasteiger partial charge in [-0.2, -0.15) is 13.2 Å². The Bertz CT molecular complexity index is 576. The molecule has 2 fully saturated rings. The van der Waals surface area contributed by atoms with Gasteiger partial charge in [0.2, 0.25) is 0 Å². The molecule has 5 nitrogen and oxygen atoms in total. The molecular formula is C14H16F3N3O2. The van der Waals surface area contributed by atoms with Gasteiger partial charge < -0.3 is 15.3 Å². The van der Waals surface area contributed by atoms with Gasteiger partial charge in [-0.1, -0.05) is 0 Å². The van der Waals surface area contributed by atoms with Crippen LogP contribution in [-0.2, 0) is 6.18 Å². The number of nitrogens with zero attached hydrogens (tertiary/aromatic N) is 2. The number of anilines is 1. The van der Waals surface area contributed by atoms with Crippen LogP contribution < -0.4 is 5.32 Å². The van der Waals surface area contributed by atoms with Crippen molar-refractivity contribution in [1.82, 2.24) is 9.88 Å². The highest BCUT2D eigenvalue weighted by molar-refractivity contribution is 5.67. The van der Waals surface area contributed by atoms with E-state index < -0.39 is 17.8 Å². The molecule has 2 N–H and O–H groups in total. The first-order valence-electron chi connectivity index (χ1n) is 7.08. The van der Waals surface area contributed by atoms with E-state index in [1.165, 1.54) is 11.0 Å². The number of hydrogen-bond donors (Lipinski definition) is 2. The van der Waals surface area contributed by atoms with Crippen molar-refractivity contribution in [1.29, 1.82) is 0 Å². The number of likely N-dealkylation sites (tertiary alicyclic amines) is 1. The maximum absolute atomic E-state index is 12.5. The van der Waals surface area contributed by atoms with Crippen LogP contribution in [0, 0.1) is 5.92 Å². The molecule has 1 aliphatic heterocycles. The number of rotatable bonds is 2. The topological polar surface area (TPSA) is 65.5 Å². The summed E-state index contributed by atoms with van der Waals surface area (Å²) in [6.07, 6.45) is -2.99. The minimum Gasteiger partial charge on any atom is -0.465 e. The van der Waals surface area contributed by atoms with E-state index in [0.717, 1.165) is 25.1 Å². The van der Waals surface area contributed by atoms with Crippen LogP contribution in [0.25, 0.3) is 0 Å². The highest BCUT2D eigenvalue weighted by Gasteiger charge is 2.51. The summed E-state index contributed by atoms with van der Waals surface area (Å²) in [6.45, 7) is 1.89. The van der Waals surface area contributed by atoms with Gasteiger partial charge in [-0.05, 0) is 37.8 Å². The van der Waals surface area contributed by atoms with Crippen molar-refractivity contribution in [2.24, 2.45) is 5.92 Å². The van der Waals surface area contributed by atoms with Crippen LogP contribution in [0.4, 0.5) is 23.8 Å². The van der Waals surface area contributed by atoms with Gasteiger partial charge in [-0.3, -0.25) is 0 Å². The van der Waals surface area contributed by atoms with Gasteiger partial charge in [0, 0.05) is 18.3 Å². The Labute approximate surface area is 125 Å². The SMILES string of the molecule is CC1C2CC(Nc3ccc(C(F)(F)F)cn3)C(C2)N1C(=O)O. The Hall–Kier alpha value is -1.99. The quantitative estimate of drug-likeness (QED) is 0.880. The molecule has 0 spiro atoms. The first-order valence-corrected chi connectivity index (χ1v) is 7.08. The maximum atomic E-state index is 12.5. The number of piperidine rings is 1. The third kappa shape index (κ3) is 2.46. The first kappa shape index (κ1) is 14.9. The van der Waals surface area contributed by atoms with Crippen LogP contribution in [0.15, 0.2) is 18.3 Å². The van der Waals surface area contributed by atoms with Gasteiger partial charge in [-0.15, -0.1) is 0 Å². The Morgan fingerprint density at radius 1 is 1.41 bits per heavy atom. The summed E-state index contributed by atoms with van der Waals surface area (Å²) in [4.78, 5) is 16.5. The molecule has 8 heteroatoms. The number of halogens is 3. The zero-order chi connectivity index (χ0) is 16.1. The average Bonchev–Trinajstić information content (AvgIpc) is 2.95. The van der Waals surface area contributed by atoms with Crippen molar-refractivity contribution < 1.29 is 23.1 Å². The molecule has 1 aromatic heterocycles. The third-order valence-corrected chi connectivity index (χ3v) is 4.69. The summed E-state index contributed by atoms with van der Waals surface area (Å²) in [5.41, 5.74) is -0.799. The van der Waals surface area contributed by atoms with Crippen LogP contribution in [0.2, 0.25) is 0 Å². The fourth-order valence-corrected chi connectivity index (χ4v) is 3.59. The number of nitrogens with one attached hydrogen (secondary N) is 1. The molecule has 22 heavy (non-hydrogen) atoms. The Morgan fingerprint density at radius 3 is 2.64 bits per heavy atom. The minimum atomic E-state index is -4.41. The second-order valence-electron chi connectivity index (χ2n) is 5.91. The molecule has 4 atom stereocenters. The Morgan fingerprint density at radius 2 is 2.14 bits per heavy atom. The Kier molecular flexibility index (Phi) is 3.41. The molecule has 1 aliphatic carbocycles. The van der Waals surface area contributed by atoms with Gasteiger partial charge in [0.1, 0.15) is 5.82 Å². The highest BCUT2D eigenvalue weighted by Crippen LogP contribution is 2.43. The number of carbonyl (C=O) groups is 1. The van der Waals surface area contributed by atoms with E-state index >= 15 is 0 Å². The number of fused-ring (bicyclic) bond motifs is 2. The van der Waals surface area contributed by atoms with E-state index in [1.807, 2.05) is 6.92 Å². The lowest BCUT2D eigenvalue weighted by molar-refractivity contribution is -0.137. The number of pyridine rings is 1. The molecule has 3 rings (SSSR count). The zero-order valence-corrected chi connectivity index (χ0v) is 11.8. The largest absolute Gasteiger partial charge is 0.465 e. The molecule has 0 radical (unpaired) electrons. The van der Waals surface area contributed by atoms with E-state index in [9.17, 15) is 23.1 Å². The van der Waals surface area contributed by atoms with Gasteiger partial charge in [0.25, 0.3) is 0 Å². The van der Waals surface area contributed by atoms with Crippen molar-refractivity contribution in [3.63, 3.8) is 0 Å². The maximum Gasteiger partial charge on any atom is 0.417 e. The van der Waals surface area contributed by atoms with E-state index in [-0.39, 0.29) is 24.0 Å². The Balaban J connectivity index is 1.71. The summed E-state index contributed by atoms with van der Waals surface area (Å²) in [6, 6.07) is 1.98. The van der Waals surface area contributed by atoms with Crippen LogP contribution in [0.1, 0.15) is 25.3 Å². The second kappa shape index (κ2) is 5.03. The lowest BCUT2D eigenvalue weighted by atomic mass is 9.98. The van der Waals surface area contributed by atoms with Crippen LogP contribution in [-0.4, -0.2) is 39.2 Å². The molecule has 1 saturated heterocycles. The molecule has 0 aromatic carbocycles. The summed E-state index contributed by atoms with van der Waals surface area (Å²) in [5.74, 6) is 0.622. The standard InChI is InChI=1S/C14H16F3N3O2/c1-7-8-4-10(11(5-8)20(7)13(21)22)19-12-3-2-9(6-18-12)14(15,16)17/h2-3,6-8,10-11H,4-5H2,1H3,(H,18,19)(H,21,22). The molecule has 120 valence electrons. The normalized spacial score (nSPS) is 30.6. The molecule has 2 aliphatic rings. The molecule has 1 aromatic rings. The monoisotopic (exact) mass is 315 g/mol. The van der Waals surface area contributed by atoms with Crippen molar-refractivity contribution in [2.75, 3.05) is 5.32 Å². The highest BCUT2D eigenvalue weighted by atomic mass is 19.4. The second-order valence-corrected chi connectivity index (χ2v) is 5.91. The first-order chi connectivity index (χ1) is 10.3. The van der Waals surface area contributed by atoms with E-state index in [0.29, 0.717) is 5.82 Å². The molecule has 4 unspecified atom stereocenters. The molecule has 1 saturated carbocycles. The van der Waals surface area contributed by atoms with Gasteiger partial charge in [0.05, 0.1) is 11.6 Å².